The third-order valence-electron chi connectivity index (χ3n) is 4.25. The van der Waals surface area contributed by atoms with Crippen LogP contribution in [0, 0.1) is 13.8 Å². The van der Waals surface area contributed by atoms with Crippen LogP contribution < -0.4 is 5.32 Å². The molecule has 3 aromatic rings. The number of nitrogens with one attached hydrogen (secondary N) is 1. The van der Waals surface area contributed by atoms with Gasteiger partial charge in [0.25, 0.3) is 5.91 Å². The fourth-order valence-electron chi connectivity index (χ4n) is 2.84. The maximum absolute atomic E-state index is 12.6. The summed E-state index contributed by atoms with van der Waals surface area (Å²) in [7, 11) is 3.91. The Balaban J connectivity index is 1.79. The first-order chi connectivity index (χ1) is 11.5. The molecule has 0 fully saturated rings. The number of hydrogen-bond donors (Lipinski definition) is 1. The van der Waals surface area contributed by atoms with E-state index in [1.807, 2.05) is 63.2 Å². The minimum Gasteiger partial charge on any atom is -0.468 e. The number of amides is 1. The Kier molecular flexibility index (Phi) is 4.44. The molecule has 0 saturated carbocycles. The molecule has 2 aromatic heterocycles. The first-order valence-electron chi connectivity index (χ1n) is 7.95. The molecule has 3 rings (SSSR count). The number of carbonyl (C=O) groups excluding carboxylic acids is 1. The van der Waals surface area contributed by atoms with E-state index in [0.29, 0.717) is 12.3 Å². The number of likely N-dealkylation sites (N-methyl/N-ethyl adjacent to an activating group) is 1. The highest BCUT2D eigenvalue weighted by Gasteiger charge is 2.21. The zero-order valence-corrected chi connectivity index (χ0v) is 14.4. The molecule has 1 N–H and O–H groups in total. The summed E-state index contributed by atoms with van der Waals surface area (Å²) in [5.74, 6) is 0.976. The van der Waals surface area contributed by atoms with E-state index in [-0.39, 0.29) is 11.9 Å². The number of rotatable bonds is 5. The molecule has 126 valence electrons. The molecule has 1 aromatic carbocycles. The number of fused-ring (bicyclic) bond motifs is 1. The van der Waals surface area contributed by atoms with Gasteiger partial charge in [0.2, 0.25) is 0 Å². The fraction of sp³-hybridized carbons (Fsp3) is 0.316. The zero-order chi connectivity index (χ0) is 17.3. The summed E-state index contributed by atoms with van der Waals surface area (Å²) in [6, 6.07) is 9.64. The Hall–Kier alpha value is -2.53. The van der Waals surface area contributed by atoms with Crippen LogP contribution in [0.2, 0.25) is 0 Å². The molecule has 0 bridgehead atoms. The van der Waals surface area contributed by atoms with Gasteiger partial charge in [-0.05, 0) is 52.2 Å². The number of carbonyl (C=O) groups is 1. The Morgan fingerprint density at radius 2 is 2.04 bits per heavy atom. The topological polar surface area (TPSA) is 58.6 Å². The molecule has 0 unspecified atom stereocenters. The van der Waals surface area contributed by atoms with Crippen molar-refractivity contribution in [1.82, 2.24) is 10.2 Å². The zero-order valence-electron chi connectivity index (χ0n) is 14.4. The molecule has 5 nitrogen and oxygen atoms in total. The average molecular weight is 326 g/mol. The minimum absolute atomic E-state index is 0.0316. The molecule has 24 heavy (non-hydrogen) atoms. The van der Waals surface area contributed by atoms with Gasteiger partial charge in [0.05, 0.1) is 12.3 Å². The van der Waals surface area contributed by atoms with Gasteiger partial charge in [-0.15, -0.1) is 0 Å². The summed E-state index contributed by atoms with van der Waals surface area (Å²) >= 11 is 0. The largest absolute Gasteiger partial charge is 0.468 e. The second-order valence-electron chi connectivity index (χ2n) is 6.26. The van der Waals surface area contributed by atoms with Crippen LogP contribution in [0.15, 0.2) is 45.4 Å². The van der Waals surface area contributed by atoms with Gasteiger partial charge in [0.1, 0.15) is 11.3 Å². The Bertz CT molecular complexity index is 847. The van der Waals surface area contributed by atoms with Gasteiger partial charge in [-0.3, -0.25) is 9.69 Å². The Labute approximate surface area is 141 Å². The molecular weight excluding hydrogens is 304 g/mol. The lowest BCUT2D eigenvalue weighted by Crippen LogP contribution is -2.34. The normalized spacial score (nSPS) is 12.7. The van der Waals surface area contributed by atoms with Crippen LogP contribution in [0.1, 0.15) is 33.5 Å². The number of hydrogen-bond acceptors (Lipinski definition) is 4. The highest BCUT2D eigenvalue weighted by Crippen LogP contribution is 2.26. The van der Waals surface area contributed by atoms with Gasteiger partial charge in [0.15, 0.2) is 5.76 Å². The van der Waals surface area contributed by atoms with Crippen molar-refractivity contribution >= 4 is 16.9 Å². The molecule has 0 spiro atoms. The van der Waals surface area contributed by atoms with E-state index in [4.69, 9.17) is 8.83 Å². The van der Waals surface area contributed by atoms with Crippen molar-refractivity contribution < 1.29 is 13.6 Å². The van der Waals surface area contributed by atoms with E-state index >= 15 is 0 Å². The number of aryl methyl sites for hydroxylation is 2. The van der Waals surface area contributed by atoms with Gasteiger partial charge in [0, 0.05) is 17.5 Å². The van der Waals surface area contributed by atoms with Crippen molar-refractivity contribution in [2.75, 3.05) is 20.6 Å². The van der Waals surface area contributed by atoms with Gasteiger partial charge in [-0.25, -0.2) is 0 Å². The molecular formula is C19H22N2O3. The SMILES string of the molecule is Cc1ccc2oc(C(=O)NC[C@@H](c3ccco3)N(C)C)c(C)c2c1. The van der Waals surface area contributed by atoms with Crippen LogP contribution in [0.5, 0.6) is 0 Å². The highest BCUT2D eigenvalue weighted by molar-refractivity contribution is 5.99. The average Bonchev–Trinajstić information content (AvgIpc) is 3.16. The first kappa shape index (κ1) is 16.3. The van der Waals surface area contributed by atoms with Crippen LogP contribution in [0.25, 0.3) is 11.0 Å². The van der Waals surface area contributed by atoms with Crippen molar-refractivity contribution in [3.63, 3.8) is 0 Å². The number of nitrogens with zero attached hydrogens (tertiary/aromatic N) is 1. The molecule has 0 aliphatic carbocycles. The Morgan fingerprint density at radius 3 is 2.71 bits per heavy atom. The molecule has 0 radical (unpaired) electrons. The lowest BCUT2D eigenvalue weighted by molar-refractivity contribution is 0.0912. The lowest BCUT2D eigenvalue weighted by atomic mass is 10.1. The summed E-state index contributed by atoms with van der Waals surface area (Å²) < 4.78 is 11.2. The third kappa shape index (κ3) is 3.08. The maximum atomic E-state index is 12.6. The standard InChI is InChI=1S/C19H22N2O3/c1-12-7-8-16-14(10-12)13(2)18(24-16)19(22)20-11-15(21(3)4)17-6-5-9-23-17/h5-10,15H,11H2,1-4H3,(H,20,22)/t15-/m0/s1. The predicted octanol–water partition coefficient (Wildman–Crippen LogP) is 3.68. The van der Waals surface area contributed by atoms with E-state index in [1.165, 1.54) is 0 Å². The van der Waals surface area contributed by atoms with E-state index in [2.05, 4.69) is 5.32 Å². The molecule has 2 heterocycles. The third-order valence-corrected chi connectivity index (χ3v) is 4.25. The fourth-order valence-corrected chi connectivity index (χ4v) is 2.84. The van der Waals surface area contributed by atoms with Crippen molar-refractivity contribution in [3.8, 4) is 0 Å². The quantitative estimate of drug-likeness (QED) is 0.777. The van der Waals surface area contributed by atoms with E-state index in [9.17, 15) is 4.79 Å². The van der Waals surface area contributed by atoms with Gasteiger partial charge >= 0.3 is 0 Å². The van der Waals surface area contributed by atoms with Gasteiger partial charge < -0.3 is 14.2 Å². The van der Waals surface area contributed by atoms with Crippen LogP contribution in [-0.2, 0) is 0 Å². The summed E-state index contributed by atoms with van der Waals surface area (Å²) in [5, 5.41) is 3.93. The van der Waals surface area contributed by atoms with E-state index < -0.39 is 0 Å². The number of benzene rings is 1. The summed E-state index contributed by atoms with van der Waals surface area (Å²) in [6.45, 7) is 4.38. The second-order valence-corrected chi connectivity index (χ2v) is 6.26. The molecule has 0 aliphatic rings. The van der Waals surface area contributed by atoms with Crippen molar-refractivity contribution in [1.29, 1.82) is 0 Å². The van der Waals surface area contributed by atoms with E-state index in [1.54, 1.807) is 6.26 Å². The lowest BCUT2D eigenvalue weighted by Gasteiger charge is -2.22. The second kappa shape index (κ2) is 6.53. The smallest absolute Gasteiger partial charge is 0.287 e. The monoisotopic (exact) mass is 326 g/mol. The molecule has 1 amide bonds. The minimum atomic E-state index is -0.209. The summed E-state index contributed by atoms with van der Waals surface area (Å²) in [5.41, 5.74) is 2.74. The van der Waals surface area contributed by atoms with Crippen molar-refractivity contribution in [3.05, 3.63) is 59.2 Å². The van der Waals surface area contributed by atoms with Crippen LogP contribution in [0.4, 0.5) is 0 Å². The summed E-state index contributed by atoms with van der Waals surface area (Å²) in [4.78, 5) is 14.6. The molecule has 0 saturated heterocycles. The maximum Gasteiger partial charge on any atom is 0.287 e. The molecule has 5 heteroatoms. The van der Waals surface area contributed by atoms with Gasteiger partial charge in [-0.2, -0.15) is 0 Å². The van der Waals surface area contributed by atoms with Gasteiger partial charge in [-0.1, -0.05) is 11.6 Å². The highest BCUT2D eigenvalue weighted by atomic mass is 16.3. The first-order valence-corrected chi connectivity index (χ1v) is 7.95. The van der Waals surface area contributed by atoms with E-state index in [0.717, 1.165) is 27.9 Å². The Morgan fingerprint density at radius 1 is 1.25 bits per heavy atom. The number of furan rings is 2. The van der Waals surface area contributed by atoms with Crippen LogP contribution in [0.3, 0.4) is 0 Å². The predicted molar refractivity (Wildman–Crippen MR) is 93.2 cm³/mol. The molecule has 1 atom stereocenters. The molecule has 0 aliphatic heterocycles. The van der Waals surface area contributed by atoms with Crippen LogP contribution in [-0.4, -0.2) is 31.4 Å². The van der Waals surface area contributed by atoms with Crippen LogP contribution >= 0.6 is 0 Å². The van der Waals surface area contributed by atoms with Crippen molar-refractivity contribution in [2.45, 2.75) is 19.9 Å². The van der Waals surface area contributed by atoms with Crippen molar-refractivity contribution in [2.24, 2.45) is 0 Å². The summed E-state index contributed by atoms with van der Waals surface area (Å²) in [6.07, 6.45) is 1.64.